The van der Waals surface area contributed by atoms with E-state index in [1.165, 1.54) is 0 Å². The molecule has 120 valence electrons. The van der Waals surface area contributed by atoms with Crippen LogP contribution in [-0.2, 0) is 14.4 Å². The molecule has 0 aromatic carbocycles. The number of nitrogens with zero attached hydrogens (tertiary/aromatic N) is 1. The zero-order valence-electron chi connectivity index (χ0n) is 13.1. The van der Waals surface area contributed by atoms with Gasteiger partial charge in [0.15, 0.2) is 0 Å². The maximum Gasteiger partial charge on any atom is 0.306 e. The maximum atomic E-state index is 12.0. The number of hydrogen-bond donors (Lipinski definition) is 2. The number of rotatable bonds is 5. The Kier molecular flexibility index (Phi) is 6.18. The van der Waals surface area contributed by atoms with E-state index in [1.807, 2.05) is 20.8 Å². The maximum absolute atomic E-state index is 12.0. The third-order valence-corrected chi connectivity index (χ3v) is 3.73. The van der Waals surface area contributed by atoms with Crippen molar-refractivity contribution in [3.8, 4) is 0 Å². The Labute approximate surface area is 125 Å². The molecule has 21 heavy (non-hydrogen) atoms. The van der Waals surface area contributed by atoms with Crippen LogP contribution < -0.4 is 5.32 Å². The molecule has 2 amide bonds. The summed E-state index contributed by atoms with van der Waals surface area (Å²) in [5.74, 6) is -1.06. The van der Waals surface area contributed by atoms with E-state index in [1.54, 1.807) is 4.90 Å². The smallest absolute Gasteiger partial charge is 0.306 e. The summed E-state index contributed by atoms with van der Waals surface area (Å²) in [5.41, 5.74) is -0.414. The highest BCUT2D eigenvalue weighted by Crippen LogP contribution is 2.18. The highest BCUT2D eigenvalue weighted by Gasteiger charge is 2.26. The van der Waals surface area contributed by atoms with E-state index in [4.69, 9.17) is 5.11 Å². The predicted molar refractivity (Wildman–Crippen MR) is 78.6 cm³/mol. The van der Waals surface area contributed by atoms with Crippen LogP contribution >= 0.6 is 0 Å². The number of aliphatic carboxylic acids is 1. The quantitative estimate of drug-likeness (QED) is 0.748. The number of nitrogens with one attached hydrogen (secondary N) is 1. The number of amides is 2. The Morgan fingerprint density at radius 3 is 2.24 bits per heavy atom. The summed E-state index contributed by atoms with van der Waals surface area (Å²) in [6, 6.07) is 0. The lowest BCUT2D eigenvalue weighted by Gasteiger charge is -2.30. The van der Waals surface area contributed by atoms with Crippen molar-refractivity contribution < 1.29 is 19.5 Å². The fraction of sp³-hybridized carbons (Fsp3) is 0.800. The fourth-order valence-electron chi connectivity index (χ4n) is 2.24. The molecule has 2 N–H and O–H groups in total. The van der Waals surface area contributed by atoms with Gasteiger partial charge in [-0.05, 0) is 19.3 Å². The fourth-order valence-corrected chi connectivity index (χ4v) is 2.24. The highest BCUT2D eigenvalue weighted by atomic mass is 16.4. The molecular weight excluding hydrogens is 272 g/mol. The van der Waals surface area contributed by atoms with Crippen molar-refractivity contribution in [3.63, 3.8) is 0 Å². The standard InChI is InChI=1S/C15H26N2O4/c1-15(2,3)14(21)16-8-4-5-12(18)17-9-6-11(7-10-17)13(19)20/h11H,4-10H2,1-3H3,(H,16,21)(H,19,20). The number of carboxylic acids is 1. The molecule has 1 aliphatic heterocycles. The molecule has 0 aromatic rings. The summed E-state index contributed by atoms with van der Waals surface area (Å²) in [4.78, 5) is 36.2. The van der Waals surface area contributed by atoms with Crippen LogP contribution in [0.1, 0.15) is 46.5 Å². The third-order valence-electron chi connectivity index (χ3n) is 3.73. The predicted octanol–water partition coefficient (Wildman–Crippen LogP) is 1.25. The lowest BCUT2D eigenvalue weighted by atomic mass is 9.95. The van der Waals surface area contributed by atoms with Gasteiger partial charge in [-0.15, -0.1) is 0 Å². The minimum absolute atomic E-state index is 0.0165. The van der Waals surface area contributed by atoms with Crippen molar-refractivity contribution in [2.75, 3.05) is 19.6 Å². The van der Waals surface area contributed by atoms with E-state index >= 15 is 0 Å². The van der Waals surface area contributed by atoms with Crippen molar-refractivity contribution in [1.29, 1.82) is 0 Å². The molecule has 0 radical (unpaired) electrons. The second-order valence-electron chi connectivity index (χ2n) is 6.60. The molecule has 0 spiro atoms. The van der Waals surface area contributed by atoms with Crippen LogP contribution in [0.2, 0.25) is 0 Å². The number of carbonyl (C=O) groups excluding carboxylic acids is 2. The SMILES string of the molecule is CC(C)(C)C(=O)NCCCC(=O)N1CCC(C(=O)O)CC1. The van der Waals surface area contributed by atoms with Crippen LogP contribution in [0.5, 0.6) is 0 Å². The summed E-state index contributed by atoms with van der Waals surface area (Å²) >= 11 is 0. The number of piperidine rings is 1. The van der Waals surface area contributed by atoms with Crippen molar-refractivity contribution in [3.05, 3.63) is 0 Å². The van der Waals surface area contributed by atoms with Gasteiger partial charge in [-0.3, -0.25) is 14.4 Å². The van der Waals surface area contributed by atoms with E-state index in [0.717, 1.165) is 0 Å². The number of carboxylic acid groups (broad SMARTS) is 1. The Balaban J connectivity index is 2.21. The van der Waals surface area contributed by atoms with E-state index in [0.29, 0.717) is 45.3 Å². The van der Waals surface area contributed by atoms with Crippen LogP contribution in [-0.4, -0.2) is 47.4 Å². The minimum atomic E-state index is -0.771. The molecule has 1 fully saturated rings. The van der Waals surface area contributed by atoms with Crippen molar-refractivity contribution >= 4 is 17.8 Å². The zero-order valence-corrected chi connectivity index (χ0v) is 13.1. The van der Waals surface area contributed by atoms with Gasteiger partial charge in [0, 0.05) is 31.5 Å². The average Bonchev–Trinajstić information content (AvgIpc) is 2.42. The molecule has 0 atom stereocenters. The molecule has 0 aromatic heterocycles. The normalized spacial score (nSPS) is 16.6. The Hall–Kier alpha value is -1.59. The van der Waals surface area contributed by atoms with Gasteiger partial charge in [0.05, 0.1) is 5.92 Å². The van der Waals surface area contributed by atoms with E-state index in [2.05, 4.69) is 5.32 Å². The summed E-state index contributed by atoms with van der Waals surface area (Å²) < 4.78 is 0. The van der Waals surface area contributed by atoms with Crippen LogP contribution in [0.3, 0.4) is 0 Å². The molecule has 6 heteroatoms. The summed E-state index contributed by atoms with van der Waals surface area (Å²) in [6.07, 6.45) is 2.06. The molecule has 0 unspecified atom stereocenters. The summed E-state index contributed by atoms with van der Waals surface area (Å²) in [6.45, 7) is 7.07. The zero-order chi connectivity index (χ0) is 16.0. The number of likely N-dealkylation sites (tertiary alicyclic amines) is 1. The van der Waals surface area contributed by atoms with Crippen molar-refractivity contribution in [1.82, 2.24) is 10.2 Å². The number of hydrogen-bond acceptors (Lipinski definition) is 3. The minimum Gasteiger partial charge on any atom is -0.481 e. The first-order valence-corrected chi connectivity index (χ1v) is 7.50. The van der Waals surface area contributed by atoms with Crippen LogP contribution in [0, 0.1) is 11.3 Å². The van der Waals surface area contributed by atoms with Crippen LogP contribution in [0.4, 0.5) is 0 Å². The first-order chi connectivity index (χ1) is 9.71. The molecule has 1 heterocycles. The van der Waals surface area contributed by atoms with Gasteiger partial charge < -0.3 is 15.3 Å². The first kappa shape index (κ1) is 17.5. The lowest BCUT2D eigenvalue weighted by molar-refractivity contribution is -0.145. The van der Waals surface area contributed by atoms with Crippen molar-refractivity contribution in [2.45, 2.75) is 46.5 Å². The first-order valence-electron chi connectivity index (χ1n) is 7.50. The van der Waals surface area contributed by atoms with Gasteiger partial charge in [-0.25, -0.2) is 0 Å². The van der Waals surface area contributed by atoms with E-state index < -0.39 is 11.4 Å². The largest absolute Gasteiger partial charge is 0.481 e. The Morgan fingerprint density at radius 2 is 1.76 bits per heavy atom. The molecule has 6 nitrogen and oxygen atoms in total. The summed E-state index contributed by atoms with van der Waals surface area (Å²) in [5, 5.41) is 11.7. The van der Waals surface area contributed by atoms with E-state index in [9.17, 15) is 14.4 Å². The third kappa shape index (κ3) is 5.73. The second-order valence-corrected chi connectivity index (χ2v) is 6.60. The van der Waals surface area contributed by atoms with Gasteiger partial charge >= 0.3 is 5.97 Å². The topological polar surface area (TPSA) is 86.7 Å². The molecule has 1 aliphatic rings. The molecule has 0 aliphatic carbocycles. The van der Waals surface area contributed by atoms with Crippen molar-refractivity contribution in [2.24, 2.45) is 11.3 Å². The van der Waals surface area contributed by atoms with Gasteiger partial charge in [0.2, 0.25) is 11.8 Å². The molecule has 0 saturated carbocycles. The average molecular weight is 298 g/mol. The van der Waals surface area contributed by atoms with E-state index in [-0.39, 0.29) is 17.7 Å². The van der Waals surface area contributed by atoms with Gasteiger partial charge in [-0.1, -0.05) is 20.8 Å². The molecule has 0 bridgehead atoms. The van der Waals surface area contributed by atoms with Gasteiger partial charge in [0.1, 0.15) is 0 Å². The Morgan fingerprint density at radius 1 is 1.19 bits per heavy atom. The second kappa shape index (κ2) is 7.43. The van der Waals surface area contributed by atoms with Crippen LogP contribution in [0.25, 0.3) is 0 Å². The number of carbonyl (C=O) groups is 3. The van der Waals surface area contributed by atoms with Gasteiger partial charge in [-0.2, -0.15) is 0 Å². The lowest BCUT2D eigenvalue weighted by Crippen LogP contribution is -2.40. The molecule has 1 saturated heterocycles. The summed E-state index contributed by atoms with van der Waals surface area (Å²) in [7, 11) is 0. The van der Waals surface area contributed by atoms with Crippen LogP contribution in [0.15, 0.2) is 0 Å². The monoisotopic (exact) mass is 298 g/mol. The molecular formula is C15H26N2O4. The highest BCUT2D eigenvalue weighted by molar-refractivity contribution is 5.81. The van der Waals surface area contributed by atoms with Gasteiger partial charge in [0.25, 0.3) is 0 Å². The molecule has 1 rings (SSSR count). The Bertz CT molecular complexity index is 393.